The van der Waals surface area contributed by atoms with Gasteiger partial charge in [0, 0.05) is 34.3 Å². The number of halogens is 10. The van der Waals surface area contributed by atoms with E-state index in [1.807, 2.05) is 18.2 Å². The van der Waals surface area contributed by atoms with Crippen LogP contribution in [-0.2, 0) is 12.4 Å². The number of para-hydroxylation sites is 1. The largest absolute Gasteiger partial charge is 0.506 e. The zero-order chi connectivity index (χ0) is 45.9. The predicted octanol–water partition coefficient (Wildman–Crippen LogP) is 13.5. The smallest absolute Gasteiger partial charge is 0.417 e. The monoisotopic (exact) mass is 944 g/mol. The van der Waals surface area contributed by atoms with Crippen molar-refractivity contribution >= 4 is 62.9 Å². The average Bonchev–Trinajstić information content (AvgIpc) is 3.25. The van der Waals surface area contributed by atoms with Gasteiger partial charge in [0.1, 0.15) is 52.1 Å². The first-order chi connectivity index (χ1) is 29.8. The average molecular weight is 946 g/mol. The Morgan fingerprint density at radius 3 is 1.72 bits per heavy atom. The number of nitrogens with two attached hydrogens (primary N) is 1. The molecule has 4 aromatic heterocycles. The number of pyridine rings is 4. The summed E-state index contributed by atoms with van der Waals surface area (Å²) in [6, 6.07) is 26.6. The fourth-order valence-electron chi connectivity index (χ4n) is 5.58. The Bertz CT molecular complexity index is 2790. The van der Waals surface area contributed by atoms with Crippen LogP contribution in [0.4, 0.5) is 46.8 Å². The van der Waals surface area contributed by atoms with Crippen LogP contribution in [0.3, 0.4) is 0 Å². The summed E-state index contributed by atoms with van der Waals surface area (Å²) in [7, 11) is 0. The van der Waals surface area contributed by atoms with E-state index in [2.05, 4.69) is 25.3 Å². The molecule has 0 amide bonds. The van der Waals surface area contributed by atoms with E-state index in [0.717, 1.165) is 48.1 Å². The number of nitrogen functional groups attached to an aromatic ring is 1. The fraction of sp³-hybridized carbons (Fsp3) is 0.109. The maximum Gasteiger partial charge on any atom is 0.417 e. The molecule has 4 heterocycles. The number of anilines is 2. The summed E-state index contributed by atoms with van der Waals surface area (Å²) in [6.07, 6.45) is -3.62. The van der Waals surface area contributed by atoms with E-state index in [1.54, 1.807) is 42.6 Å². The Labute approximate surface area is 377 Å². The Morgan fingerprint density at radius 1 is 0.631 bits per heavy atom. The third-order valence-electron chi connectivity index (χ3n) is 8.53. The number of carbonyl (C=O) groups is 1. The number of phenols is 2. The molecule has 0 saturated carbocycles. The van der Waals surface area contributed by atoms with Gasteiger partial charge in [-0.25, -0.2) is 18.7 Å². The van der Waals surface area contributed by atoms with Crippen LogP contribution in [-0.4, -0.2) is 36.4 Å². The van der Waals surface area contributed by atoms with Gasteiger partial charge >= 0.3 is 12.4 Å². The van der Waals surface area contributed by atoms with Crippen molar-refractivity contribution in [2.24, 2.45) is 0 Å². The lowest BCUT2D eigenvalue weighted by Crippen LogP contribution is -2.15. The second-order valence-corrected chi connectivity index (χ2v) is 13.7. The van der Waals surface area contributed by atoms with Crippen LogP contribution in [0.15, 0.2) is 140 Å². The SMILES string of the molecule is C.C.Nc1ccc(F)cn1.O=Cc1ccc(Cl)c(C(F)(F)F)c1.Oc1c(C(Nc2ccc(F)cn2)c2ccc(Cl)c(C(F)(F)F)c2)ccc2cccnc12.Oc1cccc2cccnc12. The van der Waals surface area contributed by atoms with Crippen molar-refractivity contribution in [3.8, 4) is 11.5 Å². The molecule has 8 rings (SSSR count). The zero-order valence-corrected chi connectivity index (χ0v) is 33.4. The Morgan fingerprint density at radius 2 is 1.18 bits per heavy atom. The van der Waals surface area contributed by atoms with E-state index in [1.165, 1.54) is 36.5 Å². The quantitative estimate of drug-likeness (QED) is 0.0978. The molecule has 4 aromatic carbocycles. The van der Waals surface area contributed by atoms with Crippen molar-refractivity contribution in [1.29, 1.82) is 0 Å². The lowest BCUT2D eigenvalue weighted by atomic mass is 9.95. The molecule has 5 N–H and O–H groups in total. The minimum atomic E-state index is -4.67. The van der Waals surface area contributed by atoms with Crippen LogP contribution in [0.1, 0.15) is 53.5 Å². The highest BCUT2D eigenvalue weighted by molar-refractivity contribution is 6.31. The van der Waals surface area contributed by atoms with Gasteiger partial charge in [-0.05, 0) is 72.3 Å². The summed E-state index contributed by atoms with van der Waals surface area (Å²) in [4.78, 5) is 25.8. The molecule has 0 aliphatic heterocycles. The van der Waals surface area contributed by atoms with E-state index < -0.39 is 45.4 Å². The molecule has 0 fully saturated rings. The van der Waals surface area contributed by atoms with Gasteiger partial charge in [0.25, 0.3) is 0 Å². The molecule has 0 aliphatic carbocycles. The molecule has 1 unspecified atom stereocenters. The molecular weight excluding hydrogens is 907 g/mol. The van der Waals surface area contributed by atoms with Gasteiger partial charge in [0.15, 0.2) is 0 Å². The van der Waals surface area contributed by atoms with Crippen LogP contribution < -0.4 is 11.1 Å². The number of aromatic nitrogens is 4. The number of alkyl halides is 6. The number of fused-ring (bicyclic) bond motifs is 2. The van der Waals surface area contributed by atoms with E-state index in [0.29, 0.717) is 28.5 Å². The number of hydrogen-bond donors (Lipinski definition) is 4. The number of hydrogen-bond acceptors (Lipinski definition) is 9. The standard InChI is InChI=1S/C22H14ClF4N3O.C9H7NO.C8H4ClF3O.C5H5FN2.2CH4/c23-17-7-4-13(10-16(17)22(25,26)27)19(30-18-8-5-14(24)11-29-18)15-6-3-12-2-1-9-28-20(12)21(15)31;11-8-5-1-3-7-4-2-6-10-9(7)8;9-7-2-1-5(4-13)3-6(7)8(10,11)12;6-4-1-2-5(7)8-3-4;;/h1-11,19,31H,(H,29,30);1-6,11H;1-4H;1-3H,(H2,7,8);2*1H4. The van der Waals surface area contributed by atoms with E-state index in [4.69, 9.17) is 28.9 Å². The molecule has 8 aromatic rings. The molecule has 19 heteroatoms. The summed E-state index contributed by atoms with van der Waals surface area (Å²) < 4.78 is 102. The molecule has 0 spiro atoms. The number of nitrogens with one attached hydrogen (secondary N) is 1. The summed E-state index contributed by atoms with van der Waals surface area (Å²) in [5, 5.41) is 23.9. The second kappa shape index (κ2) is 23.0. The lowest BCUT2D eigenvalue weighted by Gasteiger charge is -2.23. The van der Waals surface area contributed by atoms with Crippen LogP contribution >= 0.6 is 23.2 Å². The minimum Gasteiger partial charge on any atom is -0.506 e. The molecular formula is C46H38Cl2F8N6O3. The van der Waals surface area contributed by atoms with Gasteiger partial charge in [-0.2, -0.15) is 26.3 Å². The number of phenolic OH excluding ortho intramolecular Hbond substituents is 2. The number of aldehydes is 1. The maximum atomic E-state index is 13.4. The third-order valence-corrected chi connectivity index (χ3v) is 9.19. The minimum absolute atomic E-state index is 0. The summed E-state index contributed by atoms with van der Waals surface area (Å²) in [6.45, 7) is 0. The number of aromatic hydroxyl groups is 2. The highest BCUT2D eigenvalue weighted by atomic mass is 35.5. The number of rotatable bonds is 5. The highest BCUT2D eigenvalue weighted by Crippen LogP contribution is 2.41. The van der Waals surface area contributed by atoms with Crippen LogP contribution in [0.25, 0.3) is 21.8 Å². The van der Waals surface area contributed by atoms with Crippen molar-refractivity contribution in [1.82, 2.24) is 19.9 Å². The Kier molecular flexibility index (Phi) is 18.5. The molecule has 340 valence electrons. The molecule has 0 bridgehead atoms. The Balaban J connectivity index is 0.000000270. The third kappa shape index (κ3) is 14.2. The van der Waals surface area contributed by atoms with Crippen molar-refractivity contribution in [2.45, 2.75) is 33.2 Å². The van der Waals surface area contributed by atoms with Crippen molar-refractivity contribution in [3.63, 3.8) is 0 Å². The van der Waals surface area contributed by atoms with E-state index in [9.17, 15) is 50.1 Å². The normalized spacial score (nSPS) is 11.2. The van der Waals surface area contributed by atoms with E-state index >= 15 is 0 Å². The first-order valence-corrected chi connectivity index (χ1v) is 18.6. The topological polar surface area (TPSA) is 147 Å². The van der Waals surface area contributed by atoms with Crippen molar-refractivity contribution in [3.05, 3.63) is 190 Å². The number of benzene rings is 4. The van der Waals surface area contributed by atoms with Crippen molar-refractivity contribution < 1.29 is 50.1 Å². The molecule has 0 aliphatic rings. The van der Waals surface area contributed by atoms with Crippen LogP contribution in [0.5, 0.6) is 11.5 Å². The van der Waals surface area contributed by atoms with Crippen LogP contribution in [0, 0.1) is 11.6 Å². The summed E-state index contributed by atoms with van der Waals surface area (Å²) in [5.74, 6) is -0.337. The van der Waals surface area contributed by atoms with Gasteiger partial charge in [-0.15, -0.1) is 0 Å². The van der Waals surface area contributed by atoms with Gasteiger partial charge in [0.05, 0.1) is 39.6 Å². The van der Waals surface area contributed by atoms with Gasteiger partial charge < -0.3 is 21.3 Å². The summed E-state index contributed by atoms with van der Waals surface area (Å²) >= 11 is 11.1. The van der Waals surface area contributed by atoms with E-state index in [-0.39, 0.29) is 54.7 Å². The van der Waals surface area contributed by atoms with Crippen molar-refractivity contribution in [2.75, 3.05) is 11.1 Å². The van der Waals surface area contributed by atoms with Gasteiger partial charge in [-0.1, -0.05) is 86.6 Å². The molecule has 65 heavy (non-hydrogen) atoms. The lowest BCUT2D eigenvalue weighted by molar-refractivity contribution is -0.138. The first-order valence-electron chi connectivity index (χ1n) is 17.9. The molecule has 9 nitrogen and oxygen atoms in total. The second-order valence-electron chi connectivity index (χ2n) is 12.9. The van der Waals surface area contributed by atoms with Gasteiger partial charge in [0.2, 0.25) is 0 Å². The number of nitrogens with zero attached hydrogens (tertiary/aromatic N) is 4. The summed E-state index contributed by atoms with van der Waals surface area (Å²) in [5.41, 5.74) is 4.51. The first kappa shape index (κ1) is 52.2. The maximum absolute atomic E-state index is 13.4. The predicted molar refractivity (Wildman–Crippen MR) is 237 cm³/mol. The molecule has 1 atom stereocenters. The number of carbonyl (C=O) groups excluding carboxylic acids is 1. The fourth-order valence-corrected chi connectivity index (χ4v) is 6.03. The zero-order valence-electron chi connectivity index (χ0n) is 31.9. The molecule has 0 radical (unpaired) electrons. The highest BCUT2D eigenvalue weighted by Gasteiger charge is 2.35. The Hall–Kier alpha value is -7.11. The van der Waals surface area contributed by atoms with Crippen LogP contribution in [0.2, 0.25) is 10.0 Å². The van der Waals surface area contributed by atoms with Gasteiger partial charge in [-0.3, -0.25) is 14.8 Å². The molecule has 0 saturated heterocycles.